The van der Waals surface area contributed by atoms with Crippen LogP contribution in [0.1, 0.15) is 34.1 Å². The first kappa shape index (κ1) is 17.7. The number of rotatable bonds is 3. The van der Waals surface area contributed by atoms with Gasteiger partial charge in [-0.15, -0.1) is 0 Å². The van der Waals surface area contributed by atoms with Gasteiger partial charge in [0.2, 0.25) is 0 Å². The van der Waals surface area contributed by atoms with E-state index < -0.39 is 32.8 Å². The molecule has 1 fully saturated rings. The molecule has 0 radical (unpaired) electrons. The Kier molecular flexibility index (Phi) is 5.61. The number of hydrogen-bond acceptors (Lipinski definition) is 6. The molecule has 0 aromatic carbocycles. The molecule has 0 unspecified atom stereocenters. The molecule has 0 bridgehead atoms. The van der Waals surface area contributed by atoms with Gasteiger partial charge in [-0.1, -0.05) is 0 Å². The highest BCUT2D eigenvalue weighted by atomic mass is 32.2. The summed E-state index contributed by atoms with van der Waals surface area (Å²) >= 11 is 0. The summed E-state index contributed by atoms with van der Waals surface area (Å²) in [6.45, 7) is 7.10. The van der Waals surface area contributed by atoms with Gasteiger partial charge in [0.25, 0.3) is 0 Å². The van der Waals surface area contributed by atoms with Crippen LogP contribution in [-0.2, 0) is 24.1 Å². The molecule has 8 heteroatoms. The zero-order valence-electron chi connectivity index (χ0n) is 12.9. The highest BCUT2D eigenvalue weighted by Crippen LogP contribution is 2.19. The molecule has 1 aliphatic heterocycles. The highest BCUT2D eigenvalue weighted by molar-refractivity contribution is 7.92. The van der Waals surface area contributed by atoms with Gasteiger partial charge in [0.15, 0.2) is 9.84 Å². The fourth-order valence-corrected chi connectivity index (χ4v) is 3.55. The Hall–Kier alpha value is -1.31. The first-order chi connectivity index (χ1) is 9.55. The number of esters is 1. The molecular weight excluding hydrogens is 298 g/mol. The minimum atomic E-state index is -3.40. The highest BCUT2D eigenvalue weighted by Gasteiger charge is 2.37. The molecule has 1 rings (SSSR count). The second kappa shape index (κ2) is 6.64. The smallest absolute Gasteiger partial charge is 0.410 e. The molecule has 0 saturated carbocycles. The van der Waals surface area contributed by atoms with Gasteiger partial charge < -0.3 is 14.4 Å². The van der Waals surface area contributed by atoms with E-state index in [9.17, 15) is 18.0 Å². The van der Waals surface area contributed by atoms with Crippen LogP contribution in [0.25, 0.3) is 0 Å². The van der Waals surface area contributed by atoms with Crippen molar-refractivity contribution in [3.8, 4) is 0 Å². The number of carbonyl (C=O) groups is 2. The van der Waals surface area contributed by atoms with Gasteiger partial charge in [0.1, 0.15) is 5.60 Å². The van der Waals surface area contributed by atoms with Crippen molar-refractivity contribution < 1.29 is 27.5 Å². The summed E-state index contributed by atoms with van der Waals surface area (Å²) in [6, 6.07) is 0. The van der Waals surface area contributed by atoms with Crippen LogP contribution >= 0.6 is 0 Å². The van der Waals surface area contributed by atoms with Gasteiger partial charge in [-0.25, -0.2) is 13.2 Å². The SMILES string of the molecule is CCOC(=O)C[C@H]1CN(C(=O)OC(C)(C)C)CCS1(=O)=O. The van der Waals surface area contributed by atoms with Crippen molar-refractivity contribution in [3.63, 3.8) is 0 Å². The van der Waals surface area contributed by atoms with Crippen molar-refractivity contribution in [1.29, 1.82) is 0 Å². The van der Waals surface area contributed by atoms with Crippen LogP contribution in [0, 0.1) is 0 Å². The van der Waals surface area contributed by atoms with Crippen molar-refractivity contribution in [3.05, 3.63) is 0 Å². The summed E-state index contributed by atoms with van der Waals surface area (Å²) in [6.07, 6.45) is -0.804. The number of nitrogens with zero attached hydrogens (tertiary/aromatic N) is 1. The van der Waals surface area contributed by atoms with Crippen LogP contribution in [0.3, 0.4) is 0 Å². The van der Waals surface area contributed by atoms with E-state index in [4.69, 9.17) is 9.47 Å². The summed E-state index contributed by atoms with van der Waals surface area (Å²) in [4.78, 5) is 24.8. The quantitative estimate of drug-likeness (QED) is 0.720. The summed E-state index contributed by atoms with van der Waals surface area (Å²) in [5.41, 5.74) is -0.649. The maximum Gasteiger partial charge on any atom is 0.410 e. The van der Waals surface area contributed by atoms with Gasteiger partial charge in [-0.05, 0) is 27.7 Å². The average molecular weight is 321 g/mol. The maximum absolute atomic E-state index is 12.0. The van der Waals surface area contributed by atoms with Crippen molar-refractivity contribution in [2.45, 2.75) is 45.0 Å². The zero-order valence-corrected chi connectivity index (χ0v) is 13.7. The summed E-state index contributed by atoms with van der Waals surface area (Å²) in [7, 11) is -3.40. The maximum atomic E-state index is 12.0. The van der Waals surface area contributed by atoms with E-state index in [-0.39, 0.29) is 31.9 Å². The van der Waals surface area contributed by atoms with Crippen molar-refractivity contribution in [1.82, 2.24) is 4.90 Å². The first-order valence-corrected chi connectivity index (χ1v) is 8.62. The van der Waals surface area contributed by atoms with E-state index >= 15 is 0 Å². The van der Waals surface area contributed by atoms with E-state index in [1.54, 1.807) is 27.7 Å². The van der Waals surface area contributed by atoms with E-state index in [1.807, 2.05) is 0 Å². The lowest BCUT2D eigenvalue weighted by Crippen LogP contribution is -2.51. The fourth-order valence-electron chi connectivity index (χ4n) is 1.94. The Morgan fingerprint density at radius 3 is 2.43 bits per heavy atom. The fraction of sp³-hybridized carbons (Fsp3) is 0.846. The average Bonchev–Trinajstić information content (AvgIpc) is 2.29. The van der Waals surface area contributed by atoms with Gasteiger partial charge >= 0.3 is 12.1 Å². The van der Waals surface area contributed by atoms with E-state index in [1.165, 1.54) is 4.90 Å². The Labute approximate surface area is 125 Å². The Morgan fingerprint density at radius 1 is 1.29 bits per heavy atom. The minimum Gasteiger partial charge on any atom is -0.466 e. The van der Waals surface area contributed by atoms with Crippen LogP contribution < -0.4 is 0 Å². The molecule has 0 spiro atoms. The van der Waals surface area contributed by atoms with Crippen LogP contribution in [0.2, 0.25) is 0 Å². The second-order valence-corrected chi connectivity index (χ2v) is 8.33. The van der Waals surface area contributed by atoms with Crippen LogP contribution in [-0.4, -0.2) is 61.7 Å². The molecule has 1 saturated heterocycles. The van der Waals surface area contributed by atoms with Crippen molar-refractivity contribution >= 4 is 21.9 Å². The Morgan fingerprint density at radius 2 is 1.90 bits per heavy atom. The Bertz CT molecular complexity index is 493. The molecule has 7 nitrogen and oxygen atoms in total. The van der Waals surface area contributed by atoms with Crippen molar-refractivity contribution in [2.24, 2.45) is 0 Å². The predicted octanol–water partition coefficient (Wildman–Crippen LogP) is 0.974. The molecule has 1 atom stereocenters. The number of hydrogen-bond donors (Lipinski definition) is 0. The summed E-state index contributed by atoms with van der Waals surface area (Å²) in [5, 5.41) is -0.933. The normalized spacial score (nSPS) is 21.7. The number of sulfone groups is 1. The van der Waals surface area contributed by atoms with Gasteiger partial charge in [-0.2, -0.15) is 0 Å². The minimum absolute atomic E-state index is 0.0456. The van der Waals surface area contributed by atoms with Crippen LogP contribution in [0.15, 0.2) is 0 Å². The molecule has 1 aliphatic rings. The summed E-state index contributed by atoms with van der Waals surface area (Å²) < 4.78 is 34.0. The van der Waals surface area contributed by atoms with Gasteiger partial charge in [0, 0.05) is 13.1 Å². The third-order valence-electron chi connectivity index (χ3n) is 2.93. The monoisotopic (exact) mass is 321 g/mol. The number of ether oxygens (including phenoxy) is 2. The van der Waals surface area contributed by atoms with E-state index in [0.29, 0.717) is 0 Å². The second-order valence-electron chi connectivity index (χ2n) is 5.92. The third kappa shape index (κ3) is 5.53. The van der Waals surface area contributed by atoms with Gasteiger partial charge in [-0.3, -0.25) is 4.79 Å². The topological polar surface area (TPSA) is 90.0 Å². The molecule has 21 heavy (non-hydrogen) atoms. The molecule has 0 N–H and O–H groups in total. The molecule has 0 aromatic rings. The zero-order chi connectivity index (χ0) is 16.3. The summed E-state index contributed by atoms with van der Waals surface area (Å²) in [5.74, 6) is -0.742. The molecule has 122 valence electrons. The largest absolute Gasteiger partial charge is 0.466 e. The van der Waals surface area contributed by atoms with E-state index in [0.717, 1.165) is 0 Å². The van der Waals surface area contributed by atoms with Crippen molar-refractivity contribution in [2.75, 3.05) is 25.4 Å². The lowest BCUT2D eigenvalue weighted by atomic mass is 10.2. The lowest BCUT2D eigenvalue weighted by molar-refractivity contribution is -0.143. The molecule has 0 aliphatic carbocycles. The van der Waals surface area contributed by atoms with E-state index in [2.05, 4.69) is 0 Å². The molecular formula is C13H23NO6S. The van der Waals surface area contributed by atoms with Crippen LogP contribution in [0.5, 0.6) is 0 Å². The van der Waals surface area contributed by atoms with Crippen LogP contribution in [0.4, 0.5) is 4.79 Å². The third-order valence-corrected chi connectivity index (χ3v) is 5.01. The lowest BCUT2D eigenvalue weighted by Gasteiger charge is -2.33. The molecule has 0 aromatic heterocycles. The standard InChI is InChI=1S/C13H23NO6S/c1-5-19-11(15)8-10-9-14(6-7-21(10,17)18)12(16)20-13(2,3)4/h10H,5-9H2,1-4H3/t10-/m0/s1. The van der Waals surface area contributed by atoms with Gasteiger partial charge in [0.05, 0.1) is 24.0 Å². The number of carbonyl (C=O) groups excluding carboxylic acids is 2. The first-order valence-electron chi connectivity index (χ1n) is 6.90. The number of amides is 1. The predicted molar refractivity (Wildman–Crippen MR) is 76.6 cm³/mol. The molecule has 1 heterocycles. The Balaban J connectivity index is 2.73. The molecule has 1 amide bonds.